The molecule has 0 radical (unpaired) electrons. The zero-order valence-electron chi connectivity index (χ0n) is 12.6. The van der Waals surface area contributed by atoms with E-state index in [0.29, 0.717) is 37.7 Å². The van der Waals surface area contributed by atoms with E-state index in [4.69, 9.17) is 5.26 Å². The molecule has 0 bridgehead atoms. The Balaban J connectivity index is 1.69. The summed E-state index contributed by atoms with van der Waals surface area (Å²) in [5.74, 6) is 0.604. The van der Waals surface area contributed by atoms with Crippen molar-refractivity contribution in [2.45, 2.75) is 19.6 Å². The predicted octanol–water partition coefficient (Wildman–Crippen LogP) is 0.537. The van der Waals surface area contributed by atoms with Gasteiger partial charge in [0.15, 0.2) is 0 Å². The van der Waals surface area contributed by atoms with Gasteiger partial charge in [0.2, 0.25) is 10.0 Å². The lowest BCUT2D eigenvalue weighted by atomic mass is 10.3. The Morgan fingerprint density at radius 3 is 2.96 bits per heavy atom. The van der Waals surface area contributed by atoms with E-state index in [1.807, 2.05) is 16.8 Å². The Morgan fingerprint density at radius 1 is 1.39 bits per heavy atom. The van der Waals surface area contributed by atoms with Crippen molar-refractivity contribution >= 4 is 15.8 Å². The molecule has 2 aromatic heterocycles. The molecule has 0 amide bonds. The molecule has 0 aliphatic carbocycles. The molecule has 23 heavy (non-hydrogen) atoms. The van der Waals surface area contributed by atoms with E-state index in [1.54, 1.807) is 18.2 Å². The van der Waals surface area contributed by atoms with Crippen molar-refractivity contribution in [2.24, 2.45) is 0 Å². The van der Waals surface area contributed by atoms with E-state index in [-0.39, 0.29) is 0 Å². The number of hydrogen-bond donors (Lipinski definition) is 1. The molecule has 0 fully saturated rings. The van der Waals surface area contributed by atoms with Crippen molar-refractivity contribution in [3.05, 3.63) is 41.3 Å². The fourth-order valence-corrected chi connectivity index (χ4v) is 3.23. The Hall–Kier alpha value is -2.44. The van der Waals surface area contributed by atoms with Crippen LogP contribution < -0.4 is 5.32 Å². The zero-order valence-corrected chi connectivity index (χ0v) is 13.4. The lowest BCUT2D eigenvalue weighted by Crippen LogP contribution is -2.37. The molecule has 1 aliphatic rings. The second-order valence-electron chi connectivity index (χ2n) is 5.32. The highest BCUT2D eigenvalue weighted by Crippen LogP contribution is 2.16. The van der Waals surface area contributed by atoms with Gasteiger partial charge in [-0.2, -0.15) is 14.7 Å². The third-order valence-electron chi connectivity index (χ3n) is 3.60. The van der Waals surface area contributed by atoms with Crippen molar-refractivity contribution in [3.8, 4) is 6.07 Å². The van der Waals surface area contributed by atoms with E-state index in [2.05, 4.69) is 15.4 Å². The topological polar surface area (TPSA) is 104 Å². The number of pyridine rings is 1. The summed E-state index contributed by atoms with van der Waals surface area (Å²) in [5, 5.41) is 16.4. The van der Waals surface area contributed by atoms with Crippen LogP contribution in [0.5, 0.6) is 0 Å². The van der Waals surface area contributed by atoms with Crippen LogP contribution in [0.15, 0.2) is 24.3 Å². The summed E-state index contributed by atoms with van der Waals surface area (Å²) < 4.78 is 26.5. The van der Waals surface area contributed by atoms with Crippen LogP contribution in [0.2, 0.25) is 0 Å². The van der Waals surface area contributed by atoms with Crippen molar-refractivity contribution in [2.75, 3.05) is 18.1 Å². The van der Waals surface area contributed by atoms with Gasteiger partial charge in [0.25, 0.3) is 0 Å². The maximum absolute atomic E-state index is 11.6. The van der Waals surface area contributed by atoms with Crippen molar-refractivity contribution in [3.63, 3.8) is 0 Å². The standard InChI is InChI=1S/C14H16N6O2S/c1-23(21,22)19-5-6-20-13(10-19)7-12(18-20)9-16-14-4-2-3-11(8-15)17-14/h2-4,7H,5-6,9-10H2,1H3,(H,16,17). The summed E-state index contributed by atoms with van der Waals surface area (Å²) in [6, 6.07) is 9.06. The normalized spacial score (nSPS) is 15.0. The minimum atomic E-state index is -3.19. The molecule has 120 valence electrons. The van der Waals surface area contributed by atoms with Crippen molar-refractivity contribution in [1.82, 2.24) is 19.1 Å². The molecule has 3 heterocycles. The molecule has 0 spiro atoms. The smallest absolute Gasteiger partial charge is 0.211 e. The van der Waals surface area contributed by atoms with Crippen LogP contribution in [0.1, 0.15) is 17.1 Å². The molecule has 1 aliphatic heterocycles. The molecule has 0 saturated heterocycles. The molecule has 0 unspecified atom stereocenters. The fraction of sp³-hybridized carbons (Fsp3) is 0.357. The van der Waals surface area contributed by atoms with Gasteiger partial charge >= 0.3 is 0 Å². The Labute approximate surface area is 134 Å². The SMILES string of the molecule is CS(=O)(=O)N1CCn2nc(CNc3cccc(C#N)n3)cc2C1. The first-order valence-electron chi connectivity index (χ1n) is 7.07. The second kappa shape index (κ2) is 5.98. The van der Waals surface area contributed by atoms with Crippen molar-refractivity contribution in [1.29, 1.82) is 5.26 Å². The fourth-order valence-electron chi connectivity index (χ4n) is 2.45. The molecular weight excluding hydrogens is 316 g/mol. The maximum atomic E-state index is 11.6. The maximum Gasteiger partial charge on any atom is 0.211 e. The van der Waals surface area contributed by atoms with E-state index in [9.17, 15) is 8.42 Å². The lowest BCUT2D eigenvalue weighted by Gasteiger charge is -2.25. The molecule has 8 nitrogen and oxygen atoms in total. The highest BCUT2D eigenvalue weighted by atomic mass is 32.2. The molecular formula is C14H16N6O2S. The van der Waals surface area contributed by atoms with Gasteiger partial charge in [-0.3, -0.25) is 4.68 Å². The number of fused-ring (bicyclic) bond motifs is 1. The van der Waals surface area contributed by atoms with Crippen LogP contribution >= 0.6 is 0 Å². The number of aromatic nitrogens is 3. The van der Waals surface area contributed by atoms with Gasteiger partial charge < -0.3 is 5.32 Å². The summed E-state index contributed by atoms with van der Waals surface area (Å²) in [5.41, 5.74) is 2.03. The molecule has 2 aromatic rings. The van der Waals surface area contributed by atoms with E-state index in [1.165, 1.54) is 10.6 Å². The van der Waals surface area contributed by atoms with Crippen LogP contribution in [0.25, 0.3) is 0 Å². The largest absolute Gasteiger partial charge is 0.364 e. The molecule has 1 N–H and O–H groups in total. The van der Waals surface area contributed by atoms with Crippen LogP contribution in [-0.4, -0.2) is 40.3 Å². The zero-order chi connectivity index (χ0) is 16.4. The Kier molecular flexibility index (Phi) is 4.02. The first kappa shape index (κ1) is 15.5. The quantitative estimate of drug-likeness (QED) is 0.876. The molecule has 0 saturated carbocycles. The van der Waals surface area contributed by atoms with Crippen LogP contribution in [0, 0.1) is 11.3 Å². The van der Waals surface area contributed by atoms with Gasteiger partial charge in [-0.25, -0.2) is 13.4 Å². The molecule has 0 atom stereocenters. The highest BCUT2D eigenvalue weighted by molar-refractivity contribution is 7.88. The number of nitrogens with one attached hydrogen (secondary N) is 1. The Bertz CT molecular complexity index is 868. The number of nitriles is 1. The monoisotopic (exact) mass is 332 g/mol. The van der Waals surface area contributed by atoms with Crippen LogP contribution in [-0.2, 0) is 29.7 Å². The average molecular weight is 332 g/mol. The molecule has 0 aromatic carbocycles. The number of sulfonamides is 1. The lowest BCUT2D eigenvalue weighted by molar-refractivity contribution is 0.328. The van der Waals surface area contributed by atoms with Crippen LogP contribution in [0.3, 0.4) is 0 Å². The first-order valence-corrected chi connectivity index (χ1v) is 8.92. The third-order valence-corrected chi connectivity index (χ3v) is 4.85. The van der Waals surface area contributed by atoms with Gasteiger partial charge in [-0.1, -0.05) is 6.07 Å². The molecule has 9 heteroatoms. The van der Waals surface area contributed by atoms with Gasteiger partial charge in [0.1, 0.15) is 17.6 Å². The average Bonchev–Trinajstić information content (AvgIpc) is 2.94. The summed E-state index contributed by atoms with van der Waals surface area (Å²) in [6.07, 6.45) is 1.22. The Morgan fingerprint density at radius 2 is 2.22 bits per heavy atom. The first-order chi connectivity index (χ1) is 11.0. The minimum Gasteiger partial charge on any atom is -0.364 e. The summed E-state index contributed by atoms with van der Waals surface area (Å²) in [7, 11) is -3.19. The third kappa shape index (κ3) is 3.49. The summed E-state index contributed by atoms with van der Waals surface area (Å²) in [4.78, 5) is 4.14. The number of hydrogen-bond acceptors (Lipinski definition) is 6. The van der Waals surface area contributed by atoms with E-state index < -0.39 is 10.0 Å². The minimum absolute atomic E-state index is 0.341. The van der Waals surface area contributed by atoms with Crippen LogP contribution in [0.4, 0.5) is 5.82 Å². The number of nitrogens with zero attached hydrogens (tertiary/aromatic N) is 5. The van der Waals surface area contributed by atoms with E-state index >= 15 is 0 Å². The van der Waals surface area contributed by atoms with E-state index in [0.717, 1.165) is 11.4 Å². The summed E-state index contributed by atoms with van der Waals surface area (Å²) in [6.45, 7) is 1.78. The number of rotatable bonds is 4. The molecule has 3 rings (SSSR count). The second-order valence-corrected chi connectivity index (χ2v) is 7.30. The van der Waals surface area contributed by atoms with Crippen molar-refractivity contribution < 1.29 is 8.42 Å². The van der Waals surface area contributed by atoms with Gasteiger partial charge in [-0.15, -0.1) is 0 Å². The van der Waals surface area contributed by atoms with Gasteiger partial charge in [0.05, 0.1) is 37.3 Å². The van der Waals surface area contributed by atoms with Gasteiger partial charge in [-0.05, 0) is 18.2 Å². The van der Waals surface area contributed by atoms with Gasteiger partial charge in [0, 0.05) is 6.54 Å². The predicted molar refractivity (Wildman–Crippen MR) is 83.8 cm³/mol. The summed E-state index contributed by atoms with van der Waals surface area (Å²) >= 11 is 0. The number of anilines is 1. The highest BCUT2D eigenvalue weighted by Gasteiger charge is 2.24.